The quantitative estimate of drug-likeness (QED) is 0.175. The molecule has 5 heteroatoms. The molecule has 30 heavy (non-hydrogen) atoms. The van der Waals surface area contributed by atoms with Crippen LogP contribution in [-0.2, 0) is 14.3 Å². The van der Waals surface area contributed by atoms with Gasteiger partial charge in [0, 0.05) is 7.05 Å². The predicted molar refractivity (Wildman–Crippen MR) is 125 cm³/mol. The number of unbranched alkanes of at least 4 members (excludes halogenated alkanes) is 11. The summed E-state index contributed by atoms with van der Waals surface area (Å²) in [5.41, 5.74) is 0. The summed E-state index contributed by atoms with van der Waals surface area (Å²) in [5.74, 6) is -0.106. The predicted octanol–water partition coefficient (Wildman–Crippen LogP) is 6.98. The van der Waals surface area contributed by atoms with E-state index in [1.165, 1.54) is 69.1 Å². The summed E-state index contributed by atoms with van der Waals surface area (Å²) < 4.78 is 10.7. The van der Waals surface area contributed by atoms with Crippen molar-refractivity contribution in [2.24, 2.45) is 11.8 Å². The van der Waals surface area contributed by atoms with E-state index in [0.717, 1.165) is 12.8 Å². The van der Waals surface area contributed by atoms with Crippen LogP contribution < -0.4 is 0 Å². The molecule has 1 atom stereocenters. The molecule has 0 aliphatic heterocycles. The molecule has 178 valence electrons. The molecular formula is C25H49NO4. The minimum Gasteiger partial charge on any atom is -0.464 e. The van der Waals surface area contributed by atoms with E-state index in [-0.39, 0.29) is 17.8 Å². The van der Waals surface area contributed by atoms with Gasteiger partial charge in [0.15, 0.2) is 0 Å². The van der Waals surface area contributed by atoms with Crippen LogP contribution in [0.5, 0.6) is 0 Å². The minimum absolute atomic E-state index is 0.0314. The van der Waals surface area contributed by atoms with Crippen molar-refractivity contribution in [1.82, 2.24) is 4.90 Å². The second kappa shape index (κ2) is 18.5. The van der Waals surface area contributed by atoms with E-state index < -0.39 is 12.1 Å². The van der Waals surface area contributed by atoms with E-state index in [2.05, 4.69) is 6.92 Å². The van der Waals surface area contributed by atoms with Gasteiger partial charge in [-0.25, -0.2) is 9.59 Å². The van der Waals surface area contributed by atoms with Gasteiger partial charge in [-0.15, -0.1) is 0 Å². The standard InChI is InChI=1S/C25H49NO4/c1-7-8-9-10-11-12-13-14-15-16-17-18-19-29-24(27)23(22(4)5)26(6)25(28)30-20-21(2)3/h21-23H,7-20H2,1-6H3. The second-order valence-corrected chi connectivity index (χ2v) is 9.33. The van der Waals surface area contributed by atoms with Crippen LogP contribution >= 0.6 is 0 Å². The highest BCUT2D eigenvalue weighted by Gasteiger charge is 2.32. The van der Waals surface area contributed by atoms with Crippen LogP contribution in [0.3, 0.4) is 0 Å². The van der Waals surface area contributed by atoms with Crippen LogP contribution in [0, 0.1) is 11.8 Å². The van der Waals surface area contributed by atoms with Gasteiger partial charge in [0.1, 0.15) is 6.04 Å². The highest BCUT2D eigenvalue weighted by atomic mass is 16.6. The van der Waals surface area contributed by atoms with E-state index in [0.29, 0.717) is 13.2 Å². The number of carbonyl (C=O) groups is 2. The average Bonchev–Trinajstić information content (AvgIpc) is 2.69. The largest absolute Gasteiger partial charge is 0.464 e. The molecule has 0 saturated heterocycles. The van der Waals surface area contributed by atoms with Crippen LogP contribution in [0.15, 0.2) is 0 Å². The molecule has 0 aromatic rings. The number of amides is 1. The van der Waals surface area contributed by atoms with Gasteiger partial charge < -0.3 is 9.47 Å². The van der Waals surface area contributed by atoms with Crippen molar-refractivity contribution in [3.8, 4) is 0 Å². The lowest BCUT2D eigenvalue weighted by Gasteiger charge is -2.29. The first-order valence-electron chi connectivity index (χ1n) is 12.4. The Bertz CT molecular complexity index is 437. The van der Waals surface area contributed by atoms with E-state index in [4.69, 9.17) is 9.47 Å². The summed E-state index contributed by atoms with van der Waals surface area (Å²) >= 11 is 0. The molecule has 0 spiro atoms. The van der Waals surface area contributed by atoms with Gasteiger partial charge in [0.05, 0.1) is 13.2 Å². The Morgan fingerprint density at radius 2 is 1.20 bits per heavy atom. The van der Waals surface area contributed by atoms with Crippen LogP contribution in [-0.4, -0.2) is 43.3 Å². The number of hydrogen-bond donors (Lipinski definition) is 0. The molecule has 0 bridgehead atoms. The summed E-state index contributed by atoms with van der Waals surface area (Å²) in [6, 6.07) is -0.609. The number of carbonyl (C=O) groups excluding carboxylic acids is 2. The zero-order valence-electron chi connectivity index (χ0n) is 20.7. The van der Waals surface area contributed by atoms with Crippen LogP contribution in [0.2, 0.25) is 0 Å². The van der Waals surface area contributed by atoms with E-state index in [9.17, 15) is 9.59 Å². The molecule has 0 heterocycles. The first-order valence-corrected chi connectivity index (χ1v) is 12.4. The number of ether oxygens (including phenoxy) is 2. The lowest BCUT2D eigenvalue weighted by atomic mass is 10.0. The van der Waals surface area contributed by atoms with Crippen molar-refractivity contribution in [1.29, 1.82) is 0 Å². The molecule has 0 rings (SSSR count). The second-order valence-electron chi connectivity index (χ2n) is 9.33. The van der Waals surface area contributed by atoms with E-state index >= 15 is 0 Å². The van der Waals surface area contributed by atoms with Crippen molar-refractivity contribution in [2.45, 2.75) is 118 Å². The minimum atomic E-state index is -0.609. The molecule has 1 unspecified atom stereocenters. The van der Waals surface area contributed by atoms with Gasteiger partial charge in [-0.3, -0.25) is 4.90 Å². The third-order valence-corrected chi connectivity index (χ3v) is 5.36. The molecule has 0 fully saturated rings. The molecule has 5 nitrogen and oxygen atoms in total. The van der Waals surface area contributed by atoms with Crippen LogP contribution in [0.4, 0.5) is 4.79 Å². The van der Waals surface area contributed by atoms with E-state index in [1.54, 1.807) is 7.05 Å². The zero-order valence-corrected chi connectivity index (χ0v) is 20.7. The van der Waals surface area contributed by atoms with Crippen molar-refractivity contribution >= 4 is 12.1 Å². The topological polar surface area (TPSA) is 55.8 Å². The molecule has 0 saturated carbocycles. The van der Waals surface area contributed by atoms with Gasteiger partial charge >= 0.3 is 12.1 Å². The fourth-order valence-electron chi connectivity index (χ4n) is 3.53. The molecule has 0 aliphatic carbocycles. The molecule has 0 N–H and O–H groups in total. The number of rotatable bonds is 18. The summed E-state index contributed by atoms with van der Waals surface area (Å²) in [6.07, 6.45) is 14.8. The Hall–Kier alpha value is -1.26. The first-order chi connectivity index (χ1) is 14.3. The van der Waals surface area contributed by atoms with Gasteiger partial charge in [0.2, 0.25) is 0 Å². The van der Waals surface area contributed by atoms with Crippen LogP contribution in [0.1, 0.15) is 112 Å². The van der Waals surface area contributed by atoms with E-state index in [1.807, 2.05) is 27.7 Å². The maximum absolute atomic E-state index is 12.5. The Morgan fingerprint density at radius 1 is 0.733 bits per heavy atom. The Labute approximate surface area is 186 Å². The number of nitrogens with zero attached hydrogens (tertiary/aromatic N) is 1. The maximum Gasteiger partial charge on any atom is 0.410 e. The van der Waals surface area contributed by atoms with Crippen LogP contribution in [0.25, 0.3) is 0 Å². The number of hydrogen-bond acceptors (Lipinski definition) is 4. The fraction of sp³-hybridized carbons (Fsp3) is 0.920. The third-order valence-electron chi connectivity index (χ3n) is 5.36. The van der Waals surface area contributed by atoms with Gasteiger partial charge in [-0.05, 0) is 18.3 Å². The molecule has 0 radical (unpaired) electrons. The highest BCUT2D eigenvalue weighted by molar-refractivity contribution is 5.81. The molecular weight excluding hydrogens is 378 g/mol. The van der Waals surface area contributed by atoms with Crippen molar-refractivity contribution < 1.29 is 19.1 Å². The van der Waals surface area contributed by atoms with Crippen molar-refractivity contribution in [2.75, 3.05) is 20.3 Å². The summed E-state index contributed by atoms with van der Waals surface area (Å²) in [5, 5.41) is 0. The maximum atomic E-state index is 12.5. The monoisotopic (exact) mass is 427 g/mol. The Kier molecular flexibility index (Phi) is 17.7. The lowest BCUT2D eigenvalue weighted by molar-refractivity contribution is -0.150. The number of esters is 1. The highest BCUT2D eigenvalue weighted by Crippen LogP contribution is 2.15. The zero-order chi connectivity index (χ0) is 22.8. The number of likely N-dealkylation sites (N-methyl/N-ethyl adjacent to an activating group) is 1. The molecule has 1 amide bonds. The molecule has 0 aromatic heterocycles. The summed E-state index contributed by atoms with van der Waals surface area (Å²) in [6.45, 7) is 10.8. The first kappa shape index (κ1) is 28.7. The summed E-state index contributed by atoms with van der Waals surface area (Å²) in [4.78, 5) is 26.1. The molecule has 0 aromatic carbocycles. The van der Waals surface area contributed by atoms with Crippen molar-refractivity contribution in [3.05, 3.63) is 0 Å². The fourth-order valence-corrected chi connectivity index (χ4v) is 3.53. The smallest absolute Gasteiger partial charge is 0.410 e. The lowest BCUT2D eigenvalue weighted by Crippen LogP contribution is -2.47. The normalized spacial score (nSPS) is 12.3. The molecule has 0 aliphatic rings. The van der Waals surface area contributed by atoms with Gasteiger partial charge in [-0.1, -0.05) is 105 Å². The average molecular weight is 428 g/mol. The Balaban J connectivity index is 3.89. The SMILES string of the molecule is CCCCCCCCCCCCCCOC(=O)C(C(C)C)N(C)C(=O)OCC(C)C. The van der Waals surface area contributed by atoms with Gasteiger partial charge in [-0.2, -0.15) is 0 Å². The van der Waals surface area contributed by atoms with Crippen molar-refractivity contribution in [3.63, 3.8) is 0 Å². The Morgan fingerprint density at radius 3 is 1.63 bits per heavy atom. The third kappa shape index (κ3) is 14.7. The van der Waals surface area contributed by atoms with Gasteiger partial charge in [0.25, 0.3) is 0 Å². The summed E-state index contributed by atoms with van der Waals surface area (Å²) in [7, 11) is 1.61.